The Morgan fingerprint density at radius 2 is 2.15 bits per heavy atom. The topological polar surface area (TPSA) is 54.0 Å². The van der Waals surface area contributed by atoms with Gasteiger partial charge in [0, 0.05) is 16.9 Å². The number of urea groups is 1. The third-order valence-corrected chi connectivity index (χ3v) is 2.74. The number of carbonyl (C=O) groups is 1. The van der Waals surface area contributed by atoms with Crippen LogP contribution < -0.4 is 10.6 Å². The van der Waals surface area contributed by atoms with Crippen molar-refractivity contribution >= 4 is 29.4 Å². The van der Waals surface area contributed by atoms with Crippen LogP contribution in [0.3, 0.4) is 0 Å². The van der Waals surface area contributed by atoms with Crippen LogP contribution in [0.15, 0.2) is 48.8 Å². The molecule has 1 heterocycles. The summed E-state index contributed by atoms with van der Waals surface area (Å²) in [5.74, 6) is 0. The summed E-state index contributed by atoms with van der Waals surface area (Å²) in [4.78, 5) is 15.7. The third kappa shape index (κ3) is 4.40. The lowest BCUT2D eigenvalue weighted by Gasteiger charge is -2.04. The van der Waals surface area contributed by atoms with Crippen LogP contribution >= 0.6 is 11.6 Å². The number of benzene rings is 1. The maximum absolute atomic E-state index is 11.6. The minimum Gasteiger partial charge on any atom is -0.314 e. The zero-order chi connectivity index (χ0) is 14.4. The van der Waals surface area contributed by atoms with Crippen molar-refractivity contribution in [2.24, 2.45) is 0 Å². The molecular weight excluding hydrogens is 274 g/mol. The Balaban J connectivity index is 1.87. The first-order valence-corrected chi connectivity index (χ1v) is 6.43. The summed E-state index contributed by atoms with van der Waals surface area (Å²) in [5.41, 5.74) is 2.45. The summed E-state index contributed by atoms with van der Waals surface area (Å²) in [7, 11) is 0. The number of hydrogen-bond donors (Lipinski definition) is 2. The number of nitrogens with zero attached hydrogens (tertiary/aromatic N) is 1. The van der Waals surface area contributed by atoms with Gasteiger partial charge in [0.15, 0.2) is 0 Å². The summed E-state index contributed by atoms with van der Waals surface area (Å²) >= 11 is 5.87. The van der Waals surface area contributed by atoms with E-state index in [2.05, 4.69) is 15.6 Å². The number of nitrogens with one attached hydrogen (secondary N) is 2. The van der Waals surface area contributed by atoms with Crippen LogP contribution in [0.2, 0.25) is 5.02 Å². The minimum atomic E-state index is -0.325. The van der Waals surface area contributed by atoms with E-state index < -0.39 is 0 Å². The number of aryl methyl sites for hydroxylation is 1. The molecule has 0 unspecified atom stereocenters. The summed E-state index contributed by atoms with van der Waals surface area (Å²) in [6, 6.07) is 10.6. The molecule has 0 saturated heterocycles. The van der Waals surface area contributed by atoms with Gasteiger partial charge in [0.2, 0.25) is 0 Å². The molecule has 2 rings (SSSR count). The first kappa shape index (κ1) is 14.1. The molecule has 102 valence electrons. The van der Waals surface area contributed by atoms with Crippen molar-refractivity contribution in [1.82, 2.24) is 10.3 Å². The zero-order valence-corrected chi connectivity index (χ0v) is 11.7. The summed E-state index contributed by atoms with van der Waals surface area (Å²) in [6.45, 7) is 1.89. The van der Waals surface area contributed by atoms with E-state index in [4.69, 9.17) is 11.6 Å². The lowest BCUT2D eigenvalue weighted by Crippen LogP contribution is -2.23. The molecule has 0 aliphatic carbocycles. The molecule has 1 aromatic carbocycles. The molecule has 0 spiro atoms. The van der Waals surface area contributed by atoms with E-state index >= 15 is 0 Å². The number of rotatable bonds is 3. The number of aromatic nitrogens is 1. The molecule has 2 amide bonds. The number of halogens is 1. The first-order valence-electron chi connectivity index (χ1n) is 6.06. The van der Waals surface area contributed by atoms with Gasteiger partial charge in [-0.25, -0.2) is 4.79 Å². The average molecular weight is 288 g/mol. The standard InChI is InChI=1S/C15H14ClN3O/c1-11-5-6-14(10-18-11)19-15(20)17-8-7-12-3-2-4-13(16)9-12/h2-10H,1H3,(H2,17,19,20)/b8-7+. The normalized spacial score (nSPS) is 10.5. The van der Waals surface area contributed by atoms with Crippen LogP contribution in [0.1, 0.15) is 11.3 Å². The SMILES string of the molecule is Cc1ccc(NC(=O)N/C=C/c2cccc(Cl)c2)cn1. The molecule has 0 atom stereocenters. The fourth-order valence-electron chi connectivity index (χ4n) is 1.53. The first-order chi connectivity index (χ1) is 9.63. The third-order valence-electron chi connectivity index (χ3n) is 2.51. The van der Waals surface area contributed by atoms with Crippen molar-refractivity contribution < 1.29 is 4.79 Å². The van der Waals surface area contributed by atoms with Crippen LogP contribution in [-0.2, 0) is 0 Å². The molecule has 0 fully saturated rings. The molecular formula is C15H14ClN3O. The van der Waals surface area contributed by atoms with Gasteiger partial charge in [-0.05, 0) is 42.8 Å². The van der Waals surface area contributed by atoms with Crippen LogP contribution in [0, 0.1) is 6.92 Å². The molecule has 2 N–H and O–H groups in total. The predicted octanol–water partition coefficient (Wildman–Crippen LogP) is 3.84. The molecule has 0 aliphatic heterocycles. The Morgan fingerprint density at radius 3 is 2.85 bits per heavy atom. The van der Waals surface area contributed by atoms with Crippen molar-refractivity contribution in [2.45, 2.75) is 6.92 Å². The Bertz CT molecular complexity index is 623. The maximum Gasteiger partial charge on any atom is 0.323 e. The molecule has 4 nitrogen and oxygen atoms in total. The minimum absolute atomic E-state index is 0.325. The highest BCUT2D eigenvalue weighted by Crippen LogP contribution is 2.11. The molecule has 0 radical (unpaired) electrons. The van der Waals surface area contributed by atoms with Gasteiger partial charge < -0.3 is 10.6 Å². The van der Waals surface area contributed by atoms with E-state index in [9.17, 15) is 4.79 Å². The Hall–Kier alpha value is -2.33. The molecule has 2 aromatic rings. The van der Waals surface area contributed by atoms with Crippen LogP contribution in [0.5, 0.6) is 0 Å². The molecule has 0 saturated carbocycles. The van der Waals surface area contributed by atoms with Gasteiger partial charge in [-0.1, -0.05) is 23.7 Å². The van der Waals surface area contributed by atoms with Gasteiger partial charge in [0.05, 0.1) is 11.9 Å². The summed E-state index contributed by atoms with van der Waals surface area (Å²) in [5, 5.41) is 5.94. The molecule has 5 heteroatoms. The number of anilines is 1. The van der Waals surface area contributed by atoms with Crippen molar-refractivity contribution in [3.8, 4) is 0 Å². The van der Waals surface area contributed by atoms with E-state index in [0.717, 1.165) is 11.3 Å². The highest BCUT2D eigenvalue weighted by molar-refractivity contribution is 6.30. The highest BCUT2D eigenvalue weighted by Gasteiger charge is 1.98. The number of pyridine rings is 1. The van der Waals surface area contributed by atoms with Gasteiger partial charge in [-0.3, -0.25) is 4.98 Å². The fraction of sp³-hybridized carbons (Fsp3) is 0.0667. The van der Waals surface area contributed by atoms with E-state index in [0.29, 0.717) is 10.7 Å². The van der Waals surface area contributed by atoms with Crippen molar-refractivity contribution in [3.63, 3.8) is 0 Å². The van der Waals surface area contributed by atoms with E-state index in [1.165, 1.54) is 0 Å². The van der Waals surface area contributed by atoms with Crippen LogP contribution in [-0.4, -0.2) is 11.0 Å². The second-order valence-electron chi connectivity index (χ2n) is 4.18. The second-order valence-corrected chi connectivity index (χ2v) is 4.61. The quantitative estimate of drug-likeness (QED) is 0.901. The van der Waals surface area contributed by atoms with Gasteiger partial charge in [0.1, 0.15) is 0 Å². The van der Waals surface area contributed by atoms with Gasteiger partial charge in [0.25, 0.3) is 0 Å². The van der Waals surface area contributed by atoms with Crippen molar-refractivity contribution in [2.75, 3.05) is 5.32 Å². The maximum atomic E-state index is 11.6. The Labute approximate surface area is 122 Å². The average Bonchev–Trinajstić information content (AvgIpc) is 2.41. The largest absolute Gasteiger partial charge is 0.323 e. The number of carbonyl (C=O) groups excluding carboxylic acids is 1. The van der Waals surface area contributed by atoms with E-state index in [-0.39, 0.29) is 6.03 Å². The smallest absolute Gasteiger partial charge is 0.314 e. The lowest BCUT2D eigenvalue weighted by atomic mass is 10.2. The van der Waals surface area contributed by atoms with Gasteiger partial charge >= 0.3 is 6.03 Å². The number of amides is 2. The predicted molar refractivity (Wildman–Crippen MR) is 81.6 cm³/mol. The zero-order valence-electron chi connectivity index (χ0n) is 10.9. The van der Waals surface area contributed by atoms with Crippen molar-refractivity contribution in [1.29, 1.82) is 0 Å². The van der Waals surface area contributed by atoms with Crippen molar-refractivity contribution in [3.05, 3.63) is 65.1 Å². The molecule has 1 aromatic heterocycles. The molecule has 0 bridgehead atoms. The number of hydrogen-bond acceptors (Lipinski definition) is 2. The van der Waals surface area contributed by atoms with E-state index in [1.807, 2.05) is 31.2 Å². The Morgan fingerprint density at radius 1 is 1.30 bits per heavy atom. The van der Waals surface area contributed by atoms with E-state index in [1.54, 1.807) is 30.6 Å². The monoisotopic (exact) mass is 287 g/mol. The lowest BCUT2D eigenvalue weighted by molar-refractivity contribution is 0.255. The fourth-order valence-corrected chi connectivity index (χ4v) is 1.73. The van der Waals surface area contributed by atoms with Crippen LogP contribution in [0.25, 0.3) is 6.08 Å². The Kier molecular flexibility index (Phi) is 4.74. The molecule has 20 heavy (non-hydrogen) atoms. The summed E-state index contributed by atoms with van der Waals surface area (Å²) in [6.07, 6.45) is 4.93. The molecule has 0 aliphatic rings. The highest BCUT2D eigenvalue weighted by atomic mass is 35.5. The van der Waals surface area contributed by atoms with Gasteiger partial charge in [-0.2, -0.15) is 0 Å². The van der Waals surface area contributed by atoms with Gasteiger partial charge in [-0.15, -0.1) is 0 Å². The second kappa shape index (κ2) is 6.73. The van der Waals surface area contributed by atoms with Crippen LogP contribution in [0.4, 0.5) is 10.5 Å². The summed E-state index contributed by atoms with van der Waals surface area (Å²) < 4.78 is 0.